The number of allylic oxidation sites excluding steroid dienone is 2. The molecule has 0 aromatic carbocycles. The Morgan fingerprint density at radius 3 is 2.12 bits per heavy atom. The Kier molecular flexibility index (Phi) is 5.60. The predicted octanol–water partition coefficient (Wildman–Crippen LogP) is 7.94. The number of fused-ring (bicyclic) bond motifs is 5. The predicted molar refractivity (Wildman–Crippen MR) is 137 cm³/mol. The van der Waals surface area contributed by atoms with E-state index in [1.165, 1.54) is 64.2 Å². The molecule has 0 aliphatic heterocycles. The third-order valence-corrected chi connectivity index (χ3v) is 13.0. The van der Waals surface area contributed by atoms with Crippen molar-refractivity contribution in [3.8, 4) is 0 Å². The first-order valence-electron chi connectivity index (χ1n) is 14.2. The van der Waals surface area contributed by atoms with E-state index in [9.17, 15) is 5.11 Å². The van der Waals surface area contributed by atoms with Crippen LogP contribution in [0.15, 0.2) is 11.1 Å². The molecule has 0 bridgehead atoms. The van der Waals surface area contributed by atoms with E-state index in [0.717, 1.165) is 18.3 Å². The number of hydrogen-bond donors (Lipinski definition) is 1. The maximum absolute atomic E-state index is 10.9. The van der Waals surface area contributed by atoms with Crippen molar-refractivity contribution in [3.05, 3.63) is 11.1 Å². The molecule has 8 atom stereocenters. The average Bonchev–Trinajstić information content (AvgIpc) is 2.88. The smallest absolute Gasteiger partial charge is 0.0625 e. The summed E-state index contributed by atoms with van der Waals surface area (Å²) in [6.07, 6.45) is 14.3. The van der Waals surface area contributed by atoms with Gasteiger partial charge in [0.2, 0.25) is 0 Å². The Labute approximate surface area is 204 Å². The molecule has 0 amide bonds. The van der Waals surface area contributed by atoms with Crippen molar-refractivity contribution in [2.45, 2.75) is 131 Å². The Morgan fingerprint density at radius 2 is 1.42 bits per heavy atom. The lowest BCUT2D eigenvalue weighted by atomic mass is 9.42. The minimum absolute atomic E-state index is 0.0358. The zero-order valence-corrected chi connectivity index (χ0v) is 23.0. The van der Waals surface area contributed by atoms with Gasteiger partial charge in [0.1, 0.15) is 0 Å². The molecule has 3 saturated carbocycles. The van der Waals surface area contributed by atoms with Gasteiger partial charge in [-0.1, -0.05) is 59.6 Å². The molecule has 2 nitrogen and oxygen atoms in total. The van der Waals surface area contributed by atoms with Gasteiger partial charge in [0, 0.05) is 7.11 Å². The van der Waals surface area contributed by atoms with Crippen molar-refractivity contribution in [3.63, 3.8) is 0 Å². The first kappa shape index (κ1) is 24.4. The SMILES string of the molecule is CO[C@H]1CC[C@@]2(C)[C@H](CC[C@@]3(C)CC4=C(CC[C@@H]32)[C@@]2(C)CC[C@@H](O)C(C)(C)[C@@H]2CC4)C1(C)C. The van der Waals surface area contributed by atoms with Gasteiger partial charge in [0.25, 0.3) is 0 Å². The summed E-state index contributed by atoms with van der Waals surface area (Å²) in [5.41, 5.74) is 5.18. The van der Waals surface area contributed by atoms with Gasteiger partial charge >= 0.3 is 0 Å². The summed E-state index contributed by atoms with van der Waals surface area (Å²) in [4.78, 5) is 0. The fourth-order valence-electron chi connectivity index (χ4n) is 11.3. The van der Waals surface area contributed by atoms with Gasteiger partial charge in [-0.3, -0.25) is 0 Å². The number of ether oxygens (including phenoxy) is 1. The van der Waals surface area contributed by atoms with E-state index in [4.69, 9.17) is 4.74 Å². The molecule has 1 N–H and O–H groups in total. The summed E-state index contributed by atoms with van der Waals surface area (Å²) in [6, 6.07) is 0. The summed E-state index contributed by atoms with van der Waals surface area (Å²) < 4.78 is 6.04. The Hall–Kier alpha value is -0.340. The first-order valence-corrected chi connectivity index (χ1v) is 14.2. The molecule has 5 rings (SSSR count). The molecule has 5 aliphatic carbocycles. The highest BCUT2D eigenvalue weighted by molar-refractivity contribution is 5.32. The van der Waals surface area contributed by atoms with Crippen molar-refractivity contribution in [2.75, 3.05) is 7.11 Å². The fraction of sp³-hybridized carbons (Fsp3) is 0.935. The number of aliphatic hydroxyl groups is 1. The van der Waals surface area contributed by atoms with E-state index in [0.29, 0.717) is 28.3 Å². The number of rotatable bonds is 1. The van der Waals surface area contributed by atoms with Gasteiger partial charge in [0.15, 0.2) is 0 Å². The Balaban J connectivity index is 1.49. The van der Waals surface area contributed by atoms with Gasteiger partial charge in [-0.05, 0) is 115 Å². The van der Waals surface area contributed by atoms with Gasteiger partial charge < -0.3 is 9.84 Å². The standard InChI is InChI=1S/C31H52O2/c1-27(2)22-11-9-20-19-29(5)16-13-23-28(3,4)26(33-8)15-18-31(23,7)24(29)12-10-21(20)30(22,6)17-14-25(27)32/h22-26,32H,9-19H2,1-8H3/t22-,23+,24-,25+,26-,29-,30+,31-/m0/s1. The zero-order valence-electron chi connectivity index (χ0n) is 23.0. The molecule has 0 unspecified atom stereocenters. The molecule has 0 saturated heterocycles. The molecule has 2 heteroatoms. The van der Waals surface area contributed by atoms with Crippen LogP contribution in [0.4, 0.5) is 0 Å². The van der Waals surface area contributed by atoms with Crippen LogP contribution in [-0.2, 0) is 4.74 Å². The highest BCUT2D eigenvalue weighted by Gasteiger charge is 2.62. The summed E-state index contributed by atoms with van der Waals surface area (Å²) in [5.74, 6) is 2.21. The molecule has 0 radical (unpaired) electrons. The van der Waals surface area contributed by atoms with E-state index in [1.54, 1.807) is 0 Å². The zero-order chi connectivity index (χ0) is 24.0. The molecular weight excluding hydrogens is 404 g/mol. The van der Waals surface area contributed by atoms with E-state index < -0.39 is 0 Å². The molecule has 0 heterocycles. The summed E-state index contributed by atoms with van der Waals surface area (Å²) in [6.45, 7) is 17.7. The highest BCUT2D eigenvalue weighted by atomic mass is 16.5. The van der Waals surface area contributed by atoms with Crippen LogP contribution in [0.1, 0.15) is 119 Å². The van der Waals surface area contributed by atoms with Crippen molar-refractivity contribution in [2.24, 2.45) is 44.8 Å². The maximum atomic E-state index is 10.9. The Morgan fingerprint density at radius 1 is 0.727 bits per heavy atom. The van der Waals surface area contributed by atoms with Crippen LogP contribution < -0.4 is 0 Å². The monoisotopic (exact) mass is 456 g/mol. The third-order valence-electron chi connectivity index (χ3n) is 13.0. The van der Waals surface area contributed by atoms with Gasteiger partial charge in [0.05, 0.1) is 12.2 Å². The summed E-state index contributed by atoms with van der Waals surface area (Å²) >= 11 is 0. The molecular formula is C31H52O2. The maximum Gasteiger partial charge on any atom is 0.0625 e. The second-order valence-electron chi connectivity index (χ2n) is 15.1. The second-order valence-corrected chi connectivity index (χ2v) is 15.1. The normalized spacial score (nSPS) is 51.0. The molecule has 0 aromatic heterocycles. The lowest BCUT2D eigenvalue weighted by molar-refractivity contribution is -0.178. The van der Waals surface area contributed by atoms with Crippen LogP contribution in [0.25, 0.3) is 0 Å². The van der Waals surface area contributed by atoms with Crippen LogP contribution in [0.3, 0.4) is 0 Å². The van der Waals surface area contributed by atoms with Crippen LogP contribution in [0.5, 0.6) is 0 Å². The van der Waals surface area contributed by atoms with Gasteiger partial charge in [-0.2, -0.15) is 0 Å². The van der Waals surface area contributed by atoms with Crippen molar-refractivity contribution in [1.82, 2.24) is 0 Å². The minimum Gasteiger partial charge on any atom is -0.393 e. The highest BCUT2D eigenvalue weighted by Crippen LogP contribution is 2.70. The molecule has 188 valence electrons. The summed E-state index contributed by atoms with van der Waals surface area (Å²) in [5, 5.41) is 10.9. The largest absolute Gasteiger partial charge is 0.393 e. The van der Waals surface area contributed by atoms with Crippen LogP contribution in [0, 0.1) is 44.8 Å². The number of methoxy groups -OCH3 is 1. The topological polar surface area (TPSA) is 29.5 Å². The van der Waals surface area contributed by atoms with E-state index >= 15 is 0 Å². The van der Waals surface area contributed by atoms with Crippen LogP contribution in [-0.4, -0.2) is 24.4 Å². The minimum atomic E-state index is -0.138. The first-order chi connectivity index (χ1) is 15.3. The second kappa shape index (κ2) is 7.58. The third kappa shape index (κ3) is 3.24. The van der Waals surface area contributed by atoms with Crippen LogP contribution in [0.2, 0.25) is 0 Å². The van der Waals surface area contributed by atoms with E-state index in [2.05, 4.69) is 48.5 Å². The lowest BCUT2D eigenvalue weighted by Gasteiger charge is -2.64. The van der Waals surface area contributed by atoms with E-state index in [1.807, 2.05) is 18.3 Å². The lowest BCUT2D eigenvalue weighted by Crippen LogP contribution is -2.58. The van der Waals surface area contributed by atoms with Crippen molar-refractivity contribution >= 4 is 0 Å². The average molecular weight is 457 g/mol. The van der Waals surface area contributed by atoms with Gasteiger partial charge in [-0.25, -0.2) is 0 Å². The van der Waals surface area contributed by atoms with E-state index in [-0.39, 0.29) is 16.9 Å². The number of hydrogen-bond acceptors (Lipinski definition) is 2. The van der Waals surface area contributed by atoms with Gasteiger partial charge in [-0.15, -0.1) is 0 Å². The fourth-order valence-corrected chi connectivity index (χ4v) is 11.3. The van der Waals surface area contributed by atoms with Crippen LogP contribution >= 0.6 is 0 Å². The Bertz CT molecular complexity index is 823. The van der Waals surface area contributed by atoms with Crippen molar-refractivity contribution in [1.29, 1.82) is 0 Å². The van der Waals surface area contributed by atoms with Crippen molar-refractivity contribution < 1.29 is 9.84 Å². The quantitative estimate of drug-likeness (QED) is 0.406. The molecule has 0 aromatic rings. The number of aliphatic hydroxyl groups excluding tert-OH is 1. The molecule has 5 aliphatic rings. The summed E-state index contributed by atoms with van der Waals surface area (Å²) in [7, 11) is 1.94. The molecule has 0 spiro atoms. The molecule has 33 heavy (non-hydrogen) atoms. The molecule has 3 fully saturated rings.